The van der Waals surface area contributed by atoms with Crippen LogP contribution < -0.4 is 4.74 Å². The van der Waals surface area contributed by atoms with E-state index in [2.05, 4.69) is 5.16 Å². The molecule has 0 spiro atoms. The van der Waals surface area contributed by atoms with Gasteiger partial charge in [0.15, 0.2) is 5.60 Å². The maximum Gasteiger partial charge on any atom is 0.340 e. The van der Waals surface area contributed by atoms with E-state index in [4.69, 9.17) is 37.2 Å². The average molecular weight is 591 g/mol. The topological polar surface area (TPSA) is 81.8 Å². The van der Waals surface area contributed by atoms with E-state index in [0.717, 1.165) is 22.3 Å². The summed E-state index contributed by atoms with van der Waals surface area (Å²) in [5.41, 5.74) is 3.21. The van der Waals surface area contributed by atoms with Crippen LogP contribution in [0.25, 0.3) is 16.8 Å². The molecule has 0 bridgehead atoms. The molecule has 0 radical (unpaired) electrons. The van der Waals surface area contributed by atoms with Crippen molar-refractivity contribution in [3.63, 3.8) is 0 Å². The van der Waals surface area contributed by atoms with E-state index >= 15 is 0 Å². The molecule has 3 aromatic carbocycles. The summed E-state index contributed by atoms with van der Waals surface area (Å²) in [6.45, 7) is 4.28. The fourth-order valence-electron chi connectivity index (χ4n) is 4.72. The summed E-state index contributed by atoms with van der Waals surface area (Å²) in [6, 6.07) is 22.5. The molecule has 0 aliphatic heterocycles. The van der Waals surface area contributed by atoms with Crippen molar-refractivity contribution in [2.45, 2.75) is 45.0 Å². The van der Waals surface area contributed by atoms with E-state index in [1.807, 2.05) is 74.5 Å². The Kier molecular flexibility index (Phi) is 8.64. The van der Waals surface area contributed by atoms with E-state index in [-0.39, 0.29) is 25.6 Å². The number of carboxylic acid groups (broad SMARTS) is 1. The van der Waals surface area contributed by atoms with Crippen LogP contribution in [0.2, 0.25) is 10.0 Å². The summed E-state index contributed by atoms with van der Waals surface area (Å²) in [5.74, 6) is 0.297. The van der Waals surface area contributed by atoms with E-state index < -0.39 is 11.6 Å². The molecular weight excluding hydrogens is 561 g/mol. The van der Waals surface area contributed by atoms with Crippen molar-refractivity contribution in [1.82, 2.24) is 5.16 Å². The Bertz CT molecular complexity index is 1590. The maximum atomic E-state index is 12.3. The van der Waals surface area contributed by atoms with Gasteiger partial charge >= 0.3 is 5.97 Å². The minimum absolute atomic E-state index is 0.0584. The van der Waals surface area contributed by atoms with Crippen LogP contribution in [0.5, 0.6) is 5.75 Å². The van der Waals surface area contributed by atoms with Gasteiger partial charge in [0.1, 0.15) is 23.8 Å². The molecule has 4 aromatic rings. The molecule has 1 N–H and O–H groups in total. The molecule has 1 aromatic heterocycles. The summed E-state index contributed by atoms with van der Waals surface area (Å²) in [5, 5.41) is 15.3. The van der Waals surface area contributed by atoms with Gasteiger partial charge in [0, 0.05) is 17.9 Å². The molecule has 1 aliphatic carbocycles. The number of benzene rings is 3. The fraction of sp³-hybridized carbons (Fsp3) is 0.212. The number of aromatic nitrogens is 1. The second-order valence-electron chi connectivity index (χ2n) is 10.1. The quantitative estimate of drug-likeness (QED) is 0.199. The fourth-order valence-corrected chi connectivity index (χ4v) is 5.30. The van der Waals surface area contributed by atoms with Crippen LogP contribution in [0.4, 0.5) is 0 Å². The van der Waals surface area contributed by atoms with Gasteiger partial charge in [-0.15, -0.1) is 0 Å². The number of hydrogen-bond acceptors (Lipinski definition) is 5. The largest absolute Gasteiger partial charge is 0.489 e. The van der Waals surface area contributed by atoms with Gasteiger partial charge in [-0.05, 0) is 47.0 Å². The van der Waals surface area contributed by atoms with Crippen molar-refractivity contribution in [3.05, 3.63) is 124 Å². The molecule has 0 fully saturated rings. The third-order valence-corrected chi connectivity index (χ3v) is 7.58. The standard InChI is InChI=1S/C33H29Cl2NO5/c1-21(2)31-26(30(36-41-31)29-27(34)12-7-13-28(29)35)20-39-25-11-6-8-22(18-25)19-40-33(32(37)38)16-14-24(15-17-33)23-9-4-3-5-10-23/h3-16,18,21H,17,19-20H2,1-2H3,(H,37,38). The smallest absolute Gasteiger partial charge is 0.340 e. The minimum atomic E-state index is -1.45. The molecular formula is C33H29Cl2NO5. The van der Waals surface area contributed by atoms with Gasteiger partial charge in [-0.25, -0.2) is 4.79 Å². The summed E-state index contributed by atoms with van der Waals surface area (Å²) >= 11 is 12.9. The lowest BCUT2D eigenvalue weighted by Gasteiger charge is -2.28. The van der Waals surface area contributed by atoms with Crippen LogP contribution in [0.1, 0.15) is 48.6 Å². The number of hydrogen-bond donors (Lipinski definition) is 1. The van der Waals surface area contributed by atoms with Crippen LogP contribution in [0.3, 0.4) is 0 Å². The summed E-state index contributed by atoms with van der Waals surface area (Å²) in [4.78, 5) is 12.3. The van der Waals surface area contributed by atoms with Crippen LogP contribution in [-0.2, 0) is 22.7 Å². The first-order chi connectivity index (χ1) is 19.8. The Morgan fingerprint density at radius 2 is 1.76 bits per heavy atom. The number of allylic oxidation sites excluding steroid dienone is 2. The zero-order chi connectivity index (χ0) is 29.0. The third-order valence-electron chi connectivity index (χ3n) is 6.95. The van der Waals surface area contributed by atoms with E-state index in [0.29, 0.717) is 32.8 Å². The van der Waals surface area contributed by atoms with Gasteiger partial charge in [-0.2, -0.15) is 0 Å². The molecule has 5 rings (SSSR count). The highest BCUT2D eigenvalue weighted by Crippen LogP contribution is 2.39. The van der Waals surface area contributed by atoms with Crippen LogP contribution >= 0.6 is 23.2 Å². The van der Waals surface area contributed by atoms with E-state index in [1.54, 1.807) is 30.4 Å². The Balaban J connectivity index is 1.31. The van der Waals surface area contributed by atoms with Crippen LogP contribution in [0.15, 0.2) is 95.5 Å². The number of carboxylic acids is 1. The highest BCUT2D eigenvalue weighted by Gasteiger charge is 2.38. The Morgan fingerprint density at radius 1 is 1.02 bits per heavy atom. The number of halogens is 2. The summed E-state index contributed by atoms with van der Waals surface area (Å²) < 4.78 is 17.9. The van der Waals surface area contributed by atoms with Crippen molar-refractivity contribution < 1.29 is 23.9 Å². The van der Waals surface area contributed by atoms with E-state index in [1.165, 1.54) is 0 Å². The van der Waals surface area contributed by atoms with Crippen molar-refractivity contribution >= 4 is 34.7 Å². The molecule has 0 saturated heterocycles. The first-order valence-electron chi connectivity index (χ1n) is 13.2. The molecule has 6 nitrogen and oxygen atoms in total. The predicted molar refractivity (Wildman–Crippen MR) is 160 cm³/mol. The van der Waals surface area contributed by atoms with Crippen molar-refractivity contribution in [2.24, 2.45) is 0 Å². The predicted octanol–water partition coefficient (Wildman–Crippen LogP) is 8.73. The summed E-state index contributed by atoms with van der Waals surface area (Å²) in [7, 11) is 0. The number of aliphatic carboxylic acids is 1. The lowest BCUT2D eigenvalue weighted by Crippen LogP contribution is -2.40. The SMILES string of the molecule is CC(C)c1onc(-c2c(Cl)cccc2Cl)c1COc1cccc(COC2(C(=O)O)C=CC(c3ccccc3)=CC2)c1. The second kappa shape index (κ2) is 12.4. The van der Waals surface area contributed by atoms with Gasteiger partial charge in [0.05, 0.1) is 22.2 Å². The van der Waals surface area contributed by atoms with Gasteiger partial charge in [-0.1, -0.05) is 103 Å². The highest BCUT2D eigenvalue weighted by molar-refractivity contribution is 6.39. The molecule has 1 unspecified atom stereocenters. The van der Waals surface area contributed by atoms with Crippen molar-refractivity contribution in [1.29, 1.82) is 0 Å². The van der Waals surface area contributed by atoms with Crippen LogP contribution in [-0.4, -0.2) is 21.8 Å². The summed E-state index contributed by atoms with van der Waals surface area (Å²) in [6.07, 6.45) is 5.55. The first kappa shape index (κ1) is 28.7. The molecule has 41 heavy (non-hydrogen) atoms. The van der Waals surface area contributed by atoms with Gasteiger partial charge in [-0.3, -0.25) is 0 Å². The van der Waals surface area contributed by atoms with Gasteiger partial charge in [0.2, 0.25) is 0 Å². The molecule has 1 aliphatic rings. The monoisotopic (exact) mass is 589 g/mol. The average Bonchev–Trinajstić information content (AvgIpc) is 3.39. The molecule has 1 heterocycles. The lowest BCUT2D eigenvalue weighted by atomic mass is 9.89. The Hall–Kier alpha value is -3.84. The minimum Gasteiger partial charge on any atom is -0.489 e. The number of carbonyl (C=O) groups is 1. The zero-order valence-electron chi connectivity index (χ0n) is 22.6. The molecule has 1 atom stereocenters. The maximum absolute atomic E-state index is 12.3. The van der Waals surface area contributed by atoms with E-state index in [9.17, 15) is 9.90 Å². The second-order valence-corrected chi connectivity index (χ2v) is 10.9. The Labute approximate surface area is 248 Å². The Morgan fingerprint density at radius 3 is 2.41 bits per heavy atom. The third kappa shape index (κ3) is 6.25. The number of nitrogens with zero attached hydrogens (tertiary/aromatic N) is 1. The molecule has 210 valence electrons. The first-order valence-corrected chi connectivity index (χ1v) is 14.0. The molecule has 0 amide bonds. The van der Waals surface area contributed by atoms with Gasteiger partial charge < -0.3 is 19.1 Å². The zero-order valence-corrected chi connectivity index (χ0v) is 24.2. The number of rotatable bonds is 10. The number of ether oxygens (including phenoxy) is 2. The normalized spacial score (nSPS) is 16.6. The van der Waals surface area contributed by atoms with Crippen molar-refractivity contribution in [2.75, 3.05) is 0 Å². The van der Waals surface area contributed by atoms with Crippen molar-refractivity contribution in [3.8, 4) is 17.0 Å². The molecule has 8 heteroatoms. The highest BCUT2D eigenvalue weighted by atomic mass is 35.5. The lowest BCUT2D eigenvalue weighted by molar-refractivity contribution is -0.160. The van der Waals surface area contributed by atoms with Crippen LogP contribution in [0, 0.1) is 0 Å². The molecule has 0 saturated carbocycles. The van der Waals surface area contributed by atoms with Gasteiger partial charge in [0.25, 0.3) is 0 Å².